The van der Waals surface area contributed by atoms with Crippen LogP contribution in [-0.4, -0.2) is 13.2 Å². The smallest absolute Gasteiger partial charge is 0.305 e. The molecule has 108 valence electrons. The summed E-state index contributed by atoms with van der Waals surface area (Å²) in [5, 5.41) is -0.427. The largest absolute Gasteiger partial charge is 0.417 e. The molecule has 0 fully saturated rings. The van der Waals surface area contributed by atoms with Crippen molar-refractivity contribution in [1.29, 1.82) is 0 Å². The summed E-state index contributed by atoms with van der Waals surface area (Å²) >= 11 is 0. The fourth-order valence-electron chi connectivity index (χ4n) is 1.62. The number of aryl methyl sites for hydroxylation is 1. The molecule has 0 N–H and O–H groups in total. The molecule has 0 aliphatic heterocycles. The van der Waals surface area contributed by atoms with E-state index in [1.54, 1.807) is 20.8 Å². The summed E-state index contributed by atoms with van der Waals surface area (Å²) in [5.41, 5.74) is -0.425. The maximum atomic E-state index is 13.0. The van der Waals surface area contributed by atoms with Crippen LogP contribution in [-0.2, 0) is 19.8 Å². The van der Waals surface area contributed by atoms with Crippen molar-refractivity contribution in [2.24, 2.45) is 0 Å². The number of alkyl halides is 3. The first kappa shape index (κ1) is 16.2. The predicted octanol–water partition coefficient (Wildman–Crippen LogP) is 3.91. The van der Waals surface area contributed by atoms with Gasteiger partial charge in [-0.15, -0.1) is 0 Å². The average Bonchev–Trinajstić information content (AvgIpc) is 2.28. The maximum Gasteiger partial charge on any atom is 0.417 e. The van der Waals surface area contributed by atoms with Crippen molar-refractivity contribution in [3.8, 4) is 0 Å². The van der Waals surface area contributed by atoms with Gasteiger partial charge in [0, 0.05) is 0 Å². The monoisotopic (exact) mass is 296 g/mol. The Morgan fingerprint density at radius 3 is 2.11 bits per heavy atom. The molecule has 1 rings (SSSR count). The third-order valence-corrected chi connectivity index (χ3v) is 4.51. The molecular formula is C12H16F3O3P. The van der Waals surface area contributed by atoms with Crippen LogP contribution in [0.1, 0.15) is 25.0 Å². The Morgan fingerprint density at radius 1 is 1.16 bits per heavy atom. The molecule has 0 radical (unpaired) electrons. The summed E-state index contributed by atoms with van der Waals surface area (Å²) in [5.74, 6) is 0. The fourth-order valence-corrected chi connectivity index (χ4v) is 3.51. The molecule has 0 atom stereocenters. The number of benzene rings is 1. The highest BCUT2D eigenvalue weighted by Crippen LogP contribution is 2.49. The summed E-state index contributed by atoms with van der Waals surface area (Å²) < 4.78 is 61.3. The van der Waals surface area contributed by atoms with Gasteiger partial charge in [0.15, 0.2) is 0 Å². The molecule has 0 saturated carbocycles. The average molecular weight is 296 g/mol. The number of rotatable bonds is 5. The van der Waals surface area contributed by atoms with E-state index in [1.165, 1.54) is 12.1 Å². The van der Waals surface area contributed by atoms with Crippen molar-refractivity contribution in [3.05, 3.63) is 29.3 Å². The van der Waals surface area contributed by atoms with E-state index in [4.69, 9.17) is 9.05 Å². The number of hydrogen-bond donors (Lipinski definition) is 0. The van der Waals surface area contributed by atoms with E-state index >= 15 is 0 Å². The van der Waals surface area contributed by atoms with Crippen LogP contribution in [0.5, 0.6) is 0 Å². The summed E-state index contributed by atoms with van der Waals surface area (Å²) in [4.78, 5) is 0. The van der Waals surface area contributed by atoms with Gasteiger partial charge in [-0.3, -0.25) is 4.57 Å². The predicted molar refractivity (Wildman–Crippen MR) is 66.7 cm³/mol. The van der Waals surface area contributed by atoms with Crippen molar-refractivity contribution >= 4 is 12.9 Å². The highest BCUT2D eigenvalue weighted by molar-refractivity contribution is 7.62. The first-order valence-corrected chi connectivity index (χ1v) is 7.36. The summed E-state index contributed by atoms with van der Waals surface area (Å²) in [7, 11) is -3.95. The highest BCUT2D eigenvalue weighted by atomic mass is 31.2. The molecule has 0 saturated heterocycles. The molecule has 7 heteroatoms. The Kier molecular flexibility index (Phi) is 5.18. The maximum absolute atomic E-state index is 13.0. The van der Waals surface area contributed by atoms with Gasteiger partial charge in [0.25, 0.3) is 0 Å². The van der Waals surface area contributed by atoms with Gasteiger partial charge in [0.2, 0.25) is 0 Å². The molecule has 0 bridgehead atoms. The van der Waals surface area contributed by atoms with E-state index in [2.05, 4.69) is 0 Å². The second-order valence-corrected chi connectivity index (χ2v) is 5.84. The topological polar surface area (TPSA) is 35.5 Å². The SMILES string of the molecule is CCOP(=O)(OCC)c1cc(C)ccc1C(F)(F)F. The van der Waals surface area contributed by atoms with Gasteiger partial charge < -0.3 is 9.05 Å². The Morgan fingerprint density at radius 2 is 1.68 bits per heavy atom. The molecule has 0 amide bonds. The minimum Gasteiger partial charge on any atom is -0.305 e. The third kappa shape index (κ3) is 3.81. The normalized spacial score (nSPS) is 12.7. The zero-order valence-electron chi connectivity index (χ0n) is 11.0. The minimum atomic E-state index is -4.60. The lowest BCUT2D eigenvalue weighted by Gasteiger charge is -2.21. The van der Waals surface area contributed by atoms with E-state index in [1.807, 2.05) is 0 Å². The molecule has 0 spiro atoms. The van der Waals surface area contributed by atoms with Gasteiger partial charge >= 0.3 is 13.8 Å². The van der Waals surface area contributed by atoms with E-state index in [0.29, 0.717) is 5.56 Å². The van der Waals surface area contributed by atoms with E-state index in [9.17, 15) is 17.7 Å². The van der Waals surface area contributed by atoms with E-state index in [-0.39, 0.29) is 13.2 Å². The van der Waals surface area contributed by atoms with Gasteiger partial charge in [0.05, 0.1) is 24.1 Å². The standard InChI is InChI=1S/C12H16F3O3P/c1-4-17-19(16,18-5-2)11-8-9(3)6-7-10(11)12(13,14)15/h6-8H,4-5H2,1-3H3. The Labute approximate surface area is 110 Å². The number of halogens is 3. The molecule has 0 aromatic heterocycles. The van der Waals surface area contributed by atoms with Crippen LogP contribution in [0.3, 0.4) is 0 Å². The molecule has 0 aliphatic rings. The lowest BCUT2D eigenvalue weighted by molar-refractivity contribution is -0.136. The van der Waals surface area contributed by atoms with E-state index in [0.717, 1.165) is 6.07 Å². The molecule has 0 aliphatic carbocycles. The van der Waals surface area contributed by atoms with Crippen molar-refractivity contribution < 1.29 is 26.8 Å². The van der Waals surface area contributed by atoms with Crippen LogP contribution in [0.4, 0.5) is 13.2 Å². The summed E-state index contributed by atoms with van der Waals surface area (Å²) in [6, 6.07) is 3.42. The Hall–Kier alpha value is -0.840. The van der Waals surface area contributed by atoms with Crippen LogP contribution >= 0.6 is 7.60 Å². The van der Waals surface area contributed by atoms with Gasteiger partial charge in [-0.2, -0.15) is 13.2 Å². The van der Waals surface area contributed by atoms with E-state index < -0.39 is 24.6 Å². The zero-order chi connectivity index (χ0) is 14.7. The lowest BCUT2D eigenvalue weighted by atomic mass is 10.1. The Bertz CT molecular complexity index is 476. The van der Waals surface area contributed by atoms with Crippen LogP contribution < -0.4 is 5.30 Å². The van der Waals surface area contributed by atoms with Crippen LogP contribution in [0.2, 0.25) is 0 Å². The molecular weight excluding hydrogens is 280 g/mol. The molecule has 0 unspecified atom stereocenters. The Balaban J connectivity index is 3.44. The minimum absolute atomic E-state index is 0.00250. The fraction of sp³-hybridized carbons (Fsp3) is 0.500. The second-order valence-electron chi connectivity index (χ2n) is 3.85. The first-order chi connectivity index (χ1) is 8.74. The second kappa shape index (κ2) is 6.07. The lowest BCUT2D eigenvalue weighted by Crippen LogP contribution is -2.22. The van der Waals surface area contributed by atoms with Gasteiger partial charge in [0.1, 0.15) is 0 Å². The van der Waals surface area contributed by atoms with Gasteiger partial charge in [-0.05, 0) is 32.9 Å². The number of hydrogen-bond acceptors (Lipinski definition) is 3. The highest BCUT2D eigenvalue weighted by Gasteiger charge is 2.40. The molecule has 1 aromatic rings. The van der Waals surface area contributed by atoms with Crippen LogP contribution in [0.25, 0.3) is 0 Å². The first-order valence-electron chi connectivity index (χ1n) is 5.82. The molecule has 1 aromatic carbocycles. The van der Waals surface area contributed by atoms with Crippen LogP contribution in [0, 0.1) is 6.92 Å². The summed E-state index contributed by atoms with van der Waals surface area (Å²) in [6.45, 7) is 4.72. The van der Waals surface area contributed by atoms with Gasteiger partial charge in [-0.25, -0.2) is 0 Å². The van der Waals surface area contributed by atoms with Crippen molar-refractivity contribution in [3.63, 3.8) is 0 Å². The van der Waals surface area contributed by atoms with Crippen molar-refractivity contribution in [2.45, 2.75) is 26.9 Å². The van der Waals surface area contributed by atoms with Crippen molar-refractivity contribution in [1.82, 2.24) is 0 Å². The van der Waals surface area contributed by atoms with Gasteiger partial charge in [-0.1, -0.05) is 11.6 Å². The van der Waals surface area contributed by atoms with Crippen LogP contribution in [0.15, 0.2) is 18.2 Å². The quantitative estimate of drug-likeness (QED) is 0.773. The molecule has 3 nitrogen and oxygen atoms in total. The molecule has 19 heavy (non-hydrogen) atoms. The molecule has 0 heterocycles. The zero-order valence-corrected chi connectivity index (χ0v) is 11.8. The summed E-state index contributed by atoms with van der Waals surface area (Å²) in [6.07, 6.45) is -4.60. The third-order valence-electron chi connectivity index (χ3n) is 2.35. The van der Waals surface area contributed by atoms with Crippen molar-refractivity contribution in [2.75, 3.05) is 13.2 Å².